The average Bonchev–Trinajstić information content (AvgIpc) is 2.35. The minimum Gasteiger partial charge on any atom is -0.324 e. The summed E-state index contributed by atoms with van der Waals surface area (Å²) in [5, 5.41) is 18.9. The van der Waals surface area contributed by atoms with Crippen LogP contribution in [-0.4, -0.2) is 15.2 Å². The topological polar surface area (TPSA) is 94.5 Å². The van der Waals surface area contributed by atoms with E-state index in [4.69, 9.17) is 5.26 Å². The zero-order valence-electron chi connectivity index (χ0n) is 8.44. The third-order valence-corrected chi connectivity index (χ3v) is 2.45. The molecule has 0 aliphatic heterocycles. The van der Waals surface area contributed by atoms with Gasteiger partial charge in [-0.15, -0.1) is 10.2 Å². The van der Waals surface area contributed by atoms with E-state index in [1.165, 1.54) is 0 Å². The molecule has 1 heterocycles. The molecule has 2 N–H and O–H groups in total. The Labute approximate surface area is 104 Å². The molecule has 84 valence electrons. The van der Waals surface area contributed by atoms with E-state index in [1.807, 2.05) is 6.07 Å². The molecular weight excluding hydrogens is 286 g/mol. The van der Waals surface area contributed by atoms with Crippen LogP contribution in [0.4, 0.5) is 11.6 Å². The molecule has 1 aromatic carbocycles. The Bertz CT molecular complexity index is 628. The first kappa shape index (κ1) is 11.3. The third-order valence-electron chi connectivity index (χ3n) is 1.93. The predicted molar refractivity (Wildman–Crippen MR) is 64.8 cm³/mol. The second-order valence-electron chi connectivity index (χ2n) is 3.11. The first-order chi connectivity index (χ1) is 8.19. The Morgan fingerprint density at radius 2 is 2.00 bits per heavy atom. The third kappa shape index (κ3) is 2.68. The van der Waals surface area contributed by atoms with Crippen molar-refractivity contribution in [1.82, 2.24) is 15.2 Å². The quantitative estimate of drug-likeness (QED) is 0.875. The Hall–Kier alpha value is -2.20. The number of H-pyrrole nitrogens is 1. The number of nitrogens with zero attached hydrogens (tertiary/aromatic N) is 3. The summed E-state index contributed by atoms with van der Waals surface area (Å²) in [5.41, 5.74) is 0.901. The summed E-state index contributed by atoms with van der Waals surface area (Å²) in [4.78, 5) is 13.7. The molecule has 0 aliphatic carbocycles. The number of nitriles is 1. The van der Waals surface area contributed by atoms with Gasteiger partial charge in [0, 0.05) is 5.69 Å². The maximum Gasteiger partial charge on any atom is 0.285 e. The van der Waals surface area contributed by atoms with Crippen LogP contribution in [-0.2, 0) is 0 Å². The van der Waals surface area contributed by atoms with Gasteiger partial charge in [-0.05, 0) is 40.2 Å². The van der Waals surface area contributed by atoms with Crippen molar-refractivity contribution in [1.29, 1.82) is 5.26 Å². The van der Waals surface area contributed by atoms with Gasteiger partial charge in [0.05, 0.1) is 11.6 Å². The van der Waals surface area contributed by atoms with E-state index in [2.05, 4.69) is 36.4 Å². The SMILES string of the molecule is N#Cc1ccc(Nc2nnc(Br)c(=O)[nH]2)cc1. The van der Waals surface area contributed by atoms with Crippen molar-refractivity contribution in [3.63, 3.8) is 0 Å². The largest absolute Gasteiger partial charge is 0.324 e. The maximum absolute atomic E-state index is 11.2. The molecule has 0 bridgehead atoms. The molecule has 0 atom stereocenters. The van der Waals surface area contributed by atoms with E-state index in [9.17, 15) is 4.79 Å². The minimum absolute atomic E-state index is 0.128. The highest BCUT2D eigenvalue weighted by molar-refractivity contribution is 9.10. The van der Waals surface area contributed by atoms with Crippen molar-refractivity contribution in [2.45, 2.75) is 0 Å². The maximum atomic E-state index is 11.2. The molecule has 0 aliphatic rings. The fraction of sp³-hybridized carbons (Fsp3) is 0. The van der Waals surface area contributed by atoms with Crippen molar-refractivity contribution in [3.8, 4) is 6.07 Å². The first-order valence-corrected chi connectivity index (χ1v) is 5.38. The highest BCUT2D eigenvalue weighted by Crippen LogP contribution is 2.12. The highest BCUT2D eigenvalue weighted by atomic mass is 79.9. The van der Waals surface area contributed by atoms with E-state index >= 15 is 0 Å². The summed E-state index contributed by atoms with van der Waals surface area (Å²) >= 11 is 2.95. The predicted octanol–water partition coefficient (Wildman–Crippen LogP) is 1.54. The number of hydrogen-bond donors (Lipinski definition) is 2. The first-order valence-electron chi connectivity index (χ1n) is 4.59. The van der Waals surface area contributed by atoms with Crippen LogP contribution in [0.25, 0.3) is 0 Å². The van der Waals surface area contributed by atoms with Crippen LogP contribution >= 0.6 is 15.9 Å². The lowest BCUT2D eigenvalue weighted by molar-refractivity contribution is 0.928. The lowest BCUT2D eigenvalue weighted by Crippen LogP contribution is -2.13. The molecule has 0 amide bonds. The zero-order valence-corrected chi connectivity index (χ0v) is 10.0. The highest BCUT2D eigenvalue weighted by Gasteiger charge is 2.01. The number of hydrogen-bond acceptors (Lipinski definition) is 5. The number of halogens is 1. The van der Waals surface area contributed by atoms with E-state index in [-0.39, 0.29) is 16.1 Å². The summed E-state index contributed by atoms with van der Waals surface area (Å²) in [7, 11) is 0. The summed E-state index contributed by atoms with van der Waals surface area (Å²) in [5.74, 6) is 0.239. The van der Waals surface area contributed by atoms with Gasteiger partial charge in [0.2, 0.25) is 5.95 Å². The lowest BCUT2D eigenvalue weighted by Gasteiger charge is -2.03. The van der Waals surface area contributed by atoms with Crippen LogP contribution in [0.5, 0.6) is 0 Å². The summed E-state index contributed by atoms with van der Waals surface area (Å²) in [6.45, 7) is 0. The molecule has 1 aromatic heterocycles. The van der Waals surface area contributed by atoms with Gasteiger partial charge in [-0.25, -0.2) is 0 Å². The Morgan fingerprint density at radius 1 is 1.29 bits per heavy atom. The molecule has 0 spiro atoms. The standard InChI is InChI=1S/C10H6BrN5O/c11-8-9(17)14-10(16-15-8)13-7-3-1-6(5-12)2-4-7/h1-4H,(H2,13,14,16,17). The molecule has 0 saturated carbocycles. The molecule has 2 aromatic rings. The van der Waals surface area contributed by atoms with Gasteiger partial charge >= 0.3 is 0 Å². The average molecular weight is 292 g/mol. The minimum atomic E-state index is -0.365. The number of nitrogens with one attached hydrogen (secondary N) is 2. The Morgan fingerprint density at radius 3 is 2.59 bits per heavy atom. The van der Waals surface area contributed by atoms with Crippen molar-refractivity contribution in [2.24, 2.45) is 0 Å². The number of aromatic nitrogens is 3. The number of anilines is 2. The monoisotopic (exact) mass is 291 g/mol. The normalized spacial score (nSPS) is 9.65. The van der Waals surface area contributed by atoms with Gasteiger partial charge < -0.3 is 5.32 Å². The van der Waals surface area contributed by atoms with Gasteiger partial charge in [-0.1, -0.05) is 0 Å². The van der Waals surface area contributed by atoms with Crippen LogP contribution in [0.2, 0.25) is 0 Å². The summed E-state index contributed by atoms with van der Waals surface area (Å²) in [6.07, 6.45) is 0. The van der Waals surface area contributed by atoms with Crippen LogP contribution in [0.15, 0.2) is 33.7 Å². The van der Waals surface area contributed by atoms with Crippen LogP contribution < -0.4 is 10.9 Å². The molecule has 0 radical (unpaired) electrons. The summed E-state index contributed by atoms with van der Waals surface area (Å²) in [6, 6.07) is 8.75. The van der Waals surface area contributed by atoms with Crippen molar-refractivity contribution in [3.05, 3.63) is 44.8 Å². The van der Waals surface area contributed by atoms with E-state index in [0.29, 0.717) is 11.3 Å². The molecule has 0 fully saturated rings. The summed E-state index contributed by atoms with van der Waals surface area (Å²) < 4.78 is 0.128. The molecule has 2 rings (SSSR count). The second-order valence-corrected chi connectivity index (χ2v) is 3.86. The van der Waals surface area contributed by atoms with Gasteiger partial charge in [0.15, 0.2) is 4.60 Å². The fourth-order valence-corrected chi connectivity index (χ4v) is 1.32. The van der Waals surface area contributed by atoms with E-state index < -0.39 is 0 Å². The molecule has 0 saturated heterocycles. The van der Waals surface area contributed by atoms with Crippen molar-refractivity contribution < 1.29 is 0 Å². The Balaban J connectivity index is 2.23. The lowest BCUT2D eigenvalue weighted by atomic mass is 10.2. The van der Waals surface area contributed by atoms with Gasteiger partial charge in [-0.3, -0.25) is 9.78 Å². The number of aromatic amines is 1. The zero-order chi connectivity index (χ0) is 12.3. The van der Waals surface area contributed by atoms with Crippen molar-refractivity contribution >= 4 is 27.6 Å². The van der Waals surface area contributed by atoms with Crippen LogP contribution in [0, 0.1) is 11.3 Å². The number of rotatable bonds is 2. The number of benzene rings is 1. The molecule has 0 unspecified atom stereocenters. The van der Waals surface area contributed by atoms with E-state index in [1.54, 1.807) is 24.3 Å². The van der Waals surface area contributed by atoms with E-state index in [0.717, 1.165) is 0 Å². The smallest absolute Gasteiger partial charge is 0.285 e. The molecule has 17 heavy (non-hydrogen) atoms. The van der Waals surface area contributed by atoms with Gasteiger partial charge in [0.1, 0.15) is 0 Å². The van der Waals surface area contributed by atoms with Gasteiger partial charge in [0.25, 0.3) is 5.56 Å². The van der Waals surface area contributed by atoms with Crippen molar-refractivity contribution in [2.75, 3.05) is 5.32 Å². The fourth-order valence-electron chi connectivity index (χ4n) is 1.14. The van der Waals surface area contributed by atoms with Crippen LogP contribution in [0.3, 0.4) is 0 Å². The van der Waals surface area contributed by atoms with Crippen LogP contribution in [0.1, 0.15) is 5.56 Å². The molecule has 7 heteroatoms. The molecular formula is C10H6BrN5O. The van der Waals surface area contributed by atoms with Gasteiger partial charge in [-0.2, -0.15) is 5.26 Å². The second kappa shape index (κ2) is 4.76. The molecule has 6 nitrogen and oxygen atoms in total. The Kier molecular flexibility index (Phi) is 3.16.